The Morgan fingerprint density at radius 1 is 0.939 bits per heavy atom. The Hall–Kier alpha value is -4.65. The SMILES string of the molecule is O=C(O)c1ccc(-c2cccc3c2-c2ccccc2C3NC(=O)c2ccnc3[nH]ccc23)o1. The van der Waals surface area contributed by atoms with E-state index in [0.29, 0.717) is 17.0 Å². The molecule has 7 heteroatoms. The van der Waals surface area contributed by atoms with E-state index in [9.17, 15) is 14.7 Å². The van der Waals surface area contributed by atoms with Gasteiger partial charge in [0.2, 0.25) is 5.76 Å². The number of pyridine rings is 1. The monoisotopic (exact) mass is 435 g/mol. The number of furan rings is 1. The van der Waals surface area contributed by atoms with Gasteiger partial charge in [0.25, 0.3) is 5.91 Å². The molecule has 1 amide bonds. The number of H-pyrrole nitrogens is 1. The molecule has 0 fully saturated rings. The summed E-state index contributed by atoms with van der Waals surface area (Å²) in [6.07, 6.45) is 3.37. The van der Waals surface area contributed by atoms with E-state index in [1.165, 1.54) is 6.07 Å². The lowest BCUT2D eigenvalue weighted by Gasteiger charge is -2.16. The molecule has 1 atom stereocenters. The van der Waals surface area contributed by atoms with Gasteiger partial charge in [0.15, 0.2) is 0 Å². The van der Waals surface area contributed by atoms with E-state index in [1.807, 2.05) is 48.5 Å². The van der Waals surface area contributed by atoms with Gasteiger partial charge in [0.1, 0.15) is 11.4 Å². The van der Waals surface area contributed by atoms with E-state index in [2.05, 4.69) is 15.3 Å². The fraction of sp³-hybridized carbons (Fsp3) is 0.0385. The second kappa shape index (κ2) is 7.20. The number of nitrogens with one attached hydrogen (secondary N) is 2. The van der Waals surface area contributed by atoms with Crippen LogP contribution in [0, 0.1) is 0 Å². The van der Waals surface area contributed by atoms with Crippen molar-refractivity contribution in [3.05, 3.63) is 102 Å². The fourth-order valence-electron chi connectivity index (χ4n) is 4.58. The molecule has 1 aliphatic carbocycles. The van der Waals surface area contributed by atoms with E-state index >= 15 is 0 Å². The van der Waals surface area contributed by atoms with Crippen LogP contribution in [0.5, 0.6) is 0 Å². The highest BCUT2D eigenvalue weighted by molar-refractivity contribution is 6.06. The van der Waals surface area contributed by atoms with Gasteiger partial charge < -0.3 is 19.8 Å². The minimum absolute atomic E-state index is 0.119. The largest absolute Gasteiger partial charge is 0.475 e. The second-order valence-electron chi connectivity index (χ2n) is 7.83. The van der Waals surface area contributed by atoms with Crippen molar-refractivity contribution < 1.29 is 19.1 Å². The Balaban J connectivity index is 1.46. The molecule has 2 aromatic carbocycles. The lowest BCUT2D eigenvalue weighted by molar-refractivity contribution is 0.0663. The number of aromatic nitrogens is 2. The third-order valence-electron chi connectivity index (χ3n) is 6.01. The molecular formula is C26H17N3O4. The maximum absolute atomic E-state index is 13.3. The van der Waals surface area contributed by atoms with E-state index < -0.39 is 5.97 Å². The third kappa shape index (κ3) is 2.94. The Kier molecular flexibility index (Phi) is 4.16. The quantitative estimate of drug-likeness (QED) is 0.367. The summed E-state index contributed by atoms with van der Waals surface area (Å²) in [7, 11) is 0. The first-order valence-electron chi connectivity index (χ1n) is 10.4. The van der Waals surface area contributed by atoms with Gasteiger partial charge in [0, 0.05) is 23.3 Å². The molecule has 0 bridgehead atoms. The van der Waals surface area contributed by atoms with Crippen molar-refractivity contribution in [2.24, 2.45) is 0 Å². The van der Waals surface area contributed by atoms with Crippen LogP contribution in [0.4, 0.5) is 0 Å². The Labute approximate surface area is 187 Å². The molecule has 7 nitrogen and oxygen atoms in total. The maximum Gasteiger partial charge on any atom is 0.371 e. The van der Waals surface area contributed by atoms with Gasteiger partial charge in [-0.1, -0.05) is 42.5 Å². The first kappa shape index (κ1) is 19.1. The predicted octanol–water partition coefficient (Wildman–Crippen LogP) is 5.02. The number of aromatic amines is 1. The van der Waals surface area contributed by atoms with Crippen molar-refractivity contribution in [1.82, 2.24) is 15.3 Å². The van der Waals surface area contributed by atoms with Crippen molar-refractivity contribution in [2.75, 3.05) is 0 Å². The summed E-state index contributed by atoms with van der Waals surface area (Å²) in [5, 5.41) is 13.2. The number of amides is 1. The Morgan fingerprint density at radius 2 is 1.76 bits per heavy atom. The zero-order valence-corrected chi connectivity index (χ0v) is 17.2. The first-order valence-corrected chi connectivity index (χ1v) is 10.4. The van der Waals surface area contributed by atoms with Gasteiger partial charge in [-0.3, -0.25) is 4.79 Å². The Bertz CT molecular complexity index is 1560. The van der Waals surface area contributed by atoms with Crippen LogP contribution in [0.2, 0.25) is 0 Å². The zero-order valence-electron chi connectivity index (χ0n) is 17.2. The lowest BCUT2D eigenvalue weighted by atomic mass is 9.97. The summed E-state index contributed by atoms with van der Waals surface area (Å²) < 4.78 is 5.60. The minimum Gasteiger partial charge on any atom is -0.475 e. The molecule has 0 radical (unpaired) electrons. The van der Waals surface area contributed by atoms with Crippen LogP contribution in [0.15, 0.2) is 83.5 Å². The first-order chi connectivity index (χ1) is 16.1. The number of benzene rings is 2. The van der Waals surface area contributed by atoms with Crippen molar-refractivity contribution >= 4 is 22.9 Å². The number of hydrogen-bond donors (Lipinski definition) is 3. The van der Waals surface area contributed by atoms with Crippen molar-refractivity contribution in [3.8, 4) is 22.5 Å². The number of carboxylic acid groups (broad SMARTS) is 1. The molecule has 3 N–H and O–H groups in total. The highest BCUT2D eigenvalue weighted by atomic mass is 16.4. The van der Waals surface area contributed by atoms with Crippen LogP contribution in [0.1, 0.15) is 38.1 Å². The summed E-state index contributed by atoms with van der Waals surface area (Å²) in [4.78, 5) is 31.9. The summed E-state index contributed by atoms with van der Waals surface area (Å²) in [5.74, 6) is -0.972. The standard InChI is InChI=1S/C26H17N3O4/c30-25(17-11-13-28-24-16(17)10-12-27-24)29-23-15-5-2-1-4-14(15)22-18(6-3-7-19(22)23)20-8-9-21(33-20)26(31)32/h1-13,23H,(H,27,28)(H,29,30)(H,31,32). The number of fused-ring (bicyclic) bond motifs is 4. The summed E-state index contributed by atoms with van der Waals surface area (Å²) >= 11 is 0. The van der Waals surface area contributed by atoms with Gasteiger partial charge in [-0.2, -0.15) is 0 Å². The number of aromatic carboxylic acids is 1. The smallest absolute Gasteiger partial charge is 0.371 e. The topological polar surface area (TPSA) is 108 Å². The van der Waals surface area contributed by atoms with Crippen LogP contribution in [-0.2, 0) is 0 Å². The Morgan fingerprint density at radius 3 is 2.61 bits per heavy atom. The molecule has 6 rings (SSSR count). The molecule has 3 aromatic heterocycles. The molecule has 1 unspecified atom stereocenters. The predicted molar refractivity (Wildman–Crippen MR) is 122 cm³/mol. The number of nitrogens with zero attached hydrogens (tertiary/aromatic N) is 1. The molecule has 0 saturated carbocycles. The molecule has 160 valence electrons. The van der Waals surface area contributed by atoms with Crippen molar-refractivity contribution in [3.63, 3.8) is 0 Å². The van der Waals surface area contributed by atoms with Crippen LogP contribution in [0.25, 0.3) is 33.5 Å². The number of carbonyl (C=O) groups excluding carboxylic acids is 1. The van der Waals surface area contributed by atoms with E-state index in [0.717, 1.165) is 33.2 Å². The average molecular weight is 435 g/mol. The van der Waals surface area contributed by atoms with E-state index in [4.69, 9.17) is 4.42 Å². The van der Waals surface area contributed by atoms with E-state index in [1.54, 1.807) is 24.5 Å². The van der Waals surface area contributed by atoms with Crippen molar-refractivity contribution in [1.29, 1.82) is 0 Å². The van der Waals surface area contributed by atoms with Gasteiger partial charge >= 0.3 is 5.97 Å². The number of rotatable bonds is 4. The summed E-state index contributed by atoms with van der Waals surface area (Å²) in [6, 6.07) is 19.9. The van der Waals surface area contributed by atoms with Crippen LogP contribution in [-0.4, -0.2) is 27.0 Å². The van der Waals surface area contributed by atoms with Gasteiger partial charge in [-0.25, -0.2) is 9.78 Å². The molecule has 0 aliphatic heterocycles. The molecule has 0 spiro atoms. The summed E-state index contributed by atoms with van der Waals surface area (Å²) in [6.45, 7) is 0. The average Bonchev–Trinajstić information content (AvgIpc) is 3.57. The maximum atomic E-state index is 13.3. The summed E-state index contributed by atoms with van der Waals surface area (Å²) in [5.41, 5.74) is 5.77. The highest BCUT2D eigenvalue weighted by Gasteiger charge is 2.32. The van der Waals surface area contributed by atoms with Crippen molar-refractivity contribution in [2.45, 2.75) is 6.04 Å². The molecular weight excluding hydrogens is 418 g/mol. The third-order valence-corrected chi connectivity index (χ3v) is 6.01. The van der Waals surface area contributed by atoms with Crippen LogP contribution in [0.3, 0.4) is 0 Å². The number of carboxylic acids is 1. The molecule has 3 heterocycles. The molecule has 0 saturated heterocycles. The number of carbonyl (C=O) groups is 2. The minimum atomic E-state index is -1.12. The van der Waals surface area contributed by atoms with Gasteiger partial charge in [-0.15, -0.1) is 0 Å². The number of hydrogen-bond acceptors (Lipinski definition) is 4. The van der Waals surface area contributed by atoms with Crippen LogP contribution < -0.4 is 5.32 Å². The molecule has 1 aliphatic rings. The zero-order chi connectivity index (χ0) is 22.5. The molecule has 5 aromatic rings. The lowest BCUT2D eigenvalue weighted by Crippen LogP contribution is -2.28. The highest BCUT2D eigenvalue weighted by Crippen LogP contribution is 2.48. The van der Waals surface area contributed by atoms with Gasteiger partial charge in [-0.05, 0) is 46.5 Å². The van der Waals surface area contributed by atoms with Gasteiger partial charge in [0.05, 0.1) is 11.6 Å². The van der Waals surface area contributed by atoms with E-state index in [-0.39, 0.29) is 17.7 Å². The molecule has 33 heavy (non-hydrogen) atoms. The second-order valence-corrected chi connectivity index (χ2v) is 7.83. The normalized spacial score (nSPS) is 14.1. The van der Waals surface area contributed by atoms with Crippen LogP contribution >= 0.6 is 0 Å². The fourth-order valence-corrected chi connectivity index (χ4v) is 4.58.